The van der Waals surface area contributed by atoms with Gasteiger partial charge in [-0.3, -0.25) is 9.52 Å². The van der Waals surface area contributed by atoms with Gasteiger partial charge in [0, 0.05) is 17.6 Å². The van der Waals surface area contributed by atoms with Gasteiger partial charge in [0.2, 0.25) is 5.56 Å². The van der Waals surface area contributed by atoms with Crippen LogP contribution < -0.4 is 16.0 Å². The van der Waals surface area contributed by atoms with Gasteiger partial charge >= 0.3 is 16.4 Å². The molecule has 128 valence electrons. The number of primary amides is 1. The fourth-order valence-corrected chi connectivity index (χ4v) is 3.01. The number of benzene rings is 1. The second-order valence-electron chi connectivity index (χ2n) is 4.98. The molecule has 25 heavy (non-hydrogen) atoms. The van der Waals surface area contributed by atoms with E-state index in [1.54, 1.807) is 30.3 Å². The Bertz CT molecular complexity index is 1120. The Morgan fingerprint density at radius 3 is 2.76 bits per heavy atom. The Morgan fingerprint density at radius 2 is 2.00 bits per heavy atom. The molecule has 0 fully saturated rings. The molecule has 4 N–H and O–H groups in total. The smallest absolute Gasteiger partial charge is 0.334 e. The van der Waals surface area contributed by atoms with Crippen molar-refractivity contribution in [3.63, 3.8) is 0 Å². The van der Waals surface area contributed by atoms with Crippen LogP contribution in [-0.4, -0.2) is 24.5 Å². The van der Waals surface area contributed by atoms with Crippen LogP contribution in [0.4, 0.5) is 10.5 Å². The number of hydrogen-bond donors (Lipinski definition) is 3. The Hall–Kier alpha value is -3.40. The lowest BCUT2D eigenvalue weighted by Crippen LogP contribution is -2.24. The monoisotopic (exact) mass is 360 g/mol. The largest absolute Gasteiger partial charge is 0.421 e. The van der Waals surface area contributed by atoms with Crippen LogP contribution in [-0.2, 0) is 14.5 Å². The highest BCUT2D eigenvalue weighted by molar-refractivity contribution is 7.88. The van der Waals surface area contributed by atoms with Crippen LogP contribution in [0.5, 0.6) is 0 Å². The fraction of sp³-hybridized carbons (Fsp3) is 0. The first-order valence-electron chi connectivity index (χ1n) is 6.94. The topological polar surface area (TPSA) is 144 Å². The van der Waals surface area contributed by atoms with Crippen molar-refractivity contribution in [2.24, 2.45) is 5.73 Å². The van der Waals surface area contributed by atoms with Gasteiger partial charge in [0.25, 0.3) is 0 Å². The molecule has 0 aliphatic rings. The van der Waals surface area contributed by atoms with Crippen LogP contribution in [0.15, 0.2) is 53.5 Å². The average molecular weight is 360 g/mol. The molecular formula is C15H12N4O5S. The number of rotatable bonds is 4. The number of carbonyl (C=O) groups is 1. The number of H-pyrrole nitrogens is 1. The molecule has 0 aliphatic heterocycles. The summed E-state index contributed by atoms with van der Waals surface area (Å²) in [7, 11) is -4.37. The number of nitrogens with zero attached hydrogens (tertiary/aromatic N) is 1. The van der Waals surface area contributed by atoms with Gasteiger partial charge in [-0.15, -0.1) is 0 Å². The lowest BCUT2D eigenvalue weighted by Gasteiger charge is -2.10. The van der Waals surface area contributed by atoms with Crippen LogP contribution in [0.1, 0.15) is 0 Å². The summed E-state index contributed by atoms with van der Waals surface area (Å²) in [4.78, 5) is 28.7. The van der Waals surface area contributed by atoms with Gasteiger partial charge in [-0.1, -0.05) is 12.1 Å². The summed E-state index contributed by atoms with van der Waals surface area (Å²) in [5.41, 5.74) is 6.42. The van der Waals surface area contributed by atoms with Gasteiger partial charge < -0.3 is 14.9 Å². The van der Waals surface area contributed by atoms with Gasteiger partial charge in [-0.2, -0.15) is 8.42 Å². The number of fused-ring (bicyclic) bond motifs is 1. The molecule has 0 saturated carbocycles. The van der Waals surface area contributed by atoms with Crippen molar-refractivity contribution < 1.29 is 17.4 Å². The number of pyridine rings is 2. The van der Waals surface area contributed by atoms with Gasteiger partial charge in [0.15, 0.2) is 0 Å². The quantitative estimate of drug-likeness (QED) is 0.640. The summed E-state index contributed by atoms with van der Waals surface area (Å²) in [5, 5.41) is 0.690. The third-order valence-electron chi connectivity index (χ3n) is 3.24. The Kier molecular flexibility index (Phi) is 4.11. The summed E-state index contributed by atoms with van der Waals surface area (Å²) in [6, 6.07) is 11.1. The van der Waals surface area contributed by atoms with Crippen LogP contribution >= 0.6 is 0 Å². The summed E-state index contributed by atoms with van der Waals surface area (Å²) < 4.78 is 29.4. The predicted molar refractivity (Wildman–Crippen MR) is 91.0 cm³/mol. The molecule has 2 aromatic heterocycles. The second-order valence-corrected chi connectivity index (χ2v) is 6.26. The van der Waals surface area contributed by atoms with Gasteiger partial charge in [-0.05, 0) is 35.4 Å². The molecule has 9 nitrogen and oxygen atoms in total. The van der Waals surface area contributed by atoms with E-state index in [-0.39, 0.29) is 11.2 Å². The molecular weight excluding hydrogens is 348 g/mol. The minimum absolute atomic E-state index is 0.174. The second kappa shape index (κ2) is 6.24. The van der Waals surface area contributed by atoms with Crippen LogP contribution in [0.2, 0.25) is 0 Å². The number of amides is 1. The molecule has 0 aliphatic carbocycles. The van der Waals surface area contributed by atoms with Gasteiger partial charge in [0.05, 0.1) is 5.69 Å². The zero-order valence-corrected chi connectivity index (χ0v) is 13.4. The van der Waals surface area contributed by atoms with Crippen molar-refractivity contribution >= 4 is 33.1 Å². The minimum atomic E-state index is -4.37. The summed E-state index contributed by atoms with van der Waals surface area (Å²) in [6.07, 6.45) is 0.0911. The number of aromatic nitrogens is 2. The lowest BCUT2D eigenvalue weighted by molar-refractivity contribution is 0.213. The number of carbonyl (C=O) groups excluding carboxylic acids is 1. The zero-order chi connectivity index (χ0) is 18.0. The maximum atomic E-state index is 11.6. The number of anilines is 1. The van der Waals surface area contributed by atoms with Gasteiger partial charge in [-0.25, -0.2) is 9.78 Å². The molecule has 3 rings (SSSR count). The van der Waals surface area contributed by atoms with Crippen molar-refractivity contribution in [2.45, 2.75) is 0 Å². The van der Waals surface area contributed by atoms with Crippen molar-refractivity contribution in [2.75, 3.05) is 4.72 Å². The molecule has 0 radical (unpaired) electrons. The van der Waals surface area contributed by atoms with Crippen LogP contribution in [0, 0.1) is 0 Å². The van der Waals surface area contributed by atoms with Crippen molar-refractivity contribution in [1.82, 2.24) is 9.97 Å². The zero-order valence-electron chi connectivity index (χ0n) is 12.6. The Balaban J connectivity index is 2.03. The maximum absolute atomic E-state index is 11.6. The molecule has 1 aromatic carbocycles. The number of nitrogens with one attached hydrogen (secondary N) is 2. The van der Waals surface area contributed by atoms with Crippen molar-refractivity contribution in [3.8, 4) is 11.1 Å². The minimum Gasteiger partial charge on any atom is -0.334 e. The van der Waals surface area contributed by atoms with E-state index in [1.807, 2.05) is 0 Å². The predicted octanol–water partition coefficient (Wildman–Crippen LogP) is 1.34. The molecule has 2 heterocycles. The highest BCUT2D eigenvalue weighted by Crippen LogP contribution is 2.28. The van der Waals surface area contributed by atoms with E-state index in [2.05, 4.69) is 18.9 Å². The third kappa shape index (κ3) is 3.75. The van der Waals surface area contributed by atoms with E-state index >= 15 is 0 Å². The Morgan fingerprint density at radius 1 is 1.20 bits per heavy atom. The number of hydrogen-bond acceptors (Lipinski definition) is 6. The van der Waals surface area contributed by atoms with E-state index in [1.165, 1.54) is 18.3 Å². The van der Waals surface area contributed by atoms with Crippen molar-refractivity contribution in [1.29, 1.82) is 0 Å². The molecule has 10 heteroatoms. The summed E-state index contributed by atoms with van der Waals surface area (Å²) in [6.45, 7) is 0. The van der Waals surface area contributed by atoms with Crippen molar-refractivity contribution in [3.05, 3.63) is 59.0 Å². The summed E-state index contributed by atoms with van der Waals surface area (Å²) >= 11 is 0. The lowest BCUT2D eigenvalue weighted by atomic mass is 10.0. The molecule has 0 saturated heterocycles. The van der Waals surface area contributed by atoms with E-state index in [0.717, 1.165) is 5.56 Å². The van der Waals surface area contributed by atoms with Crippen LogP contribution in [0.25, 0.3) is 22.2 Å². The summed E-state index contributed by atoms with van der Waals surface area (Å²) in [5.74, 6) is 0. The molecule has 0 unspecified atom stereocenters. The van der Waals surface area contributed by atoms with Crippen LogP contribution in [0.3, 0.4) is 0 Å². The normalized spacial score (nSPS) is 11.2. The highest BCUT2D eigenvalue weighted by atomic mass is 32.2. The molecule has 0 spiro atoms. The molecule has 1 amide bonds. The third-order valence-corrected chi connectivity index (χ3v) is 4.11. The molecule has 0 atom stereocenters. The maximum Gasteiger partial charge on any atom is 0.421 e. The number of aromatic amines is 1. The molecule has 0 bridgehead atoms. The van der Waals surface area contributed by atoms with E-state index in [0.29, 0.717) is 16.6 Å². The van der Waals surface area contributed by atoms with Gasteiger partial charge in [0.1, 0.15) is 5.65 Å². The molecule has 3 aromatic rings. The average Bonchev–Trinajstić information content (AvgIpc) is 2.52. The first-order valence-corrected chi connectivity index (χ1v) is 8.35. The first-order chi connectivity index (χ1) is 11.8. The fourth-order valence-electron chi connectivity index (χ4n) is 2.33. The van der Waals surface area contributed by atoms with E-state index in [9.17, 15) is 18.0 Å². The standard InChI is InChI=1S/C15H12N4O5S/c16-15(21)24-25(22,23)19-10-3-1-2-9(8-10)11-6-7-17-14-12(11)4-5-13(20)18-14/h1-8,19H,(H2,16,21)(H,17,18,20). The Labute approximate surface area is 141 Å². The van der Waals surface area contributed by atoms with E-state index in [4.69, 9.17) is 5.73 Å². The first kappa shape index (κ1) is 16.5. The number of nitrogens with two attached hydrogens (primary N) is 1. The van der Waals surface area contributed by atoms with E-state index < -0.39 is 16.4 Å². The highest BCUT2D eigenvalue weighted by Gasteiger charge is 2.15. The SMILES string of the molecule is NC(=O)OS(=O)(=O)Nc1cccc(-c2ccnc3[nH]c(=O)ccc23)c1.